The second kappa shape index (κ2) is 6.95. The van der Waals surface area contributed by atoms with E-state index in [2.05, 4.69) is 41.2 Å². The highest BCUT2D eigenvalue weighted by molar-refractivity contribution is 6.04. The third-order valence-corrected chi connectivity index (χ3v) is 6.39. The third kappa shape index (κ3) is 2.94. The van der Waals surface area contributed by atoms with Crippen molar-refractivity contribution >= 4 is 5.71 Å². The molecule has 0 amide bonds. The number of likely N-dealkylation sites (tertiary alicyclic amines) is 1. The lowest BCUT2D eigenvalue weighted by Crippen LogP contribution is -2.58. The Morgan fingerprint density at radius 2 is 1.86 bits per heavy atom. The minimum absolute atomic E-state index is 0.185. The summed E-state index contributed by atoms with van der Waals surface area (Å²) < 4.78 is 17.7. The van der Waals surface area contributed by atoms with Gasteiger partial charge in [-0.1, -0.05) is 18.2 Å². The maximum atomic E-state index is 6.64. The fourth-order valence-electron chi connectivity index (χ4n) is 4.73. The molecular weight excluding hydrogens is 366 g/mol. The van der Waals surface area contributed by atoms with Gasteiger partial charge in [-0.05, 0) is 25.2 Å². The first kappa shape index (κ1) is 18.3. The van der Waals surface area contributed by atoms with Crippen LogP contribution in [0.1, 0.15) is 36.4 Å². The van der Waals surface area contributed by atoms with Crippen LogP contribution in [-0.4, -0.2) is 55.7 Å². The van der Waals surface area contributed by atoms with E-state index in [4.69, 9.17) is 19.3 Å². The van der Waals surface area contributed by atoms with Crippen molar-refractivity contribution in [2.24, 2.45) is 5.10 Å². The van der Waals surface area contributed by atoms with E-state index in [0.717, 1.165) is 60.9 Å². The Hall–Kier alpha value is -2.73. The summed E-state index contributed by atoms with van der Waals surface area (Å²) in [6.07, 6.45) is 2.70. The van der Waals surface area contributed by atoms with Crippen LogP contribution < -0.4 is 14.2 Å². The fourth-order valence-corrected chi connectivity index (χ4v) is 4.73. The number of ether oxygens (including phenoxy) is 3. The monoisotopic (exact) mass is 393 g/mol. The Balaban J connectivity index is 1.58. The van der Waals surface area contributed by atoms with Gasteiger partial charge in [-0.2, -0.15) is 5.10 Å². The number of fused-ring (bicyclic) bond motifs is 4. The summed E-state index contributed by atoms with van der Waals surface area (Å²) in [5, 5.41) is 7.37. The number of nitrogens with zero attached hydrogens (tertiary/aromatic N) is 3. The number of hydrogen-bond acceptors (Lipinski definition) is 6. The first-order valence-electron chi connectivity index (χ1n) is 10.2. The molecule has 6 nitrogen and oxygen atoms in total. The van der Waals surface area contributed by atoms with E-state index < -0.39 is 0 Å². The molecule has 3 aliphatic rings. The summed E-state index contributed by atoms with van der Waals surface area (Å²) in [7, 11) is 5.53. The van der Waals surface area contributed by atoms with Crippen LogP contribution in [0.15, 0.2) is 47.6 Å². The van der Waals surface area contributed by atoms with Crippen molar-refractivity contribution in [1.82, 2.24) is 9.91 Å². The van der Waals surface area contributed by atoms with Gasteiger partial charge in [0.1, 0.15) is 17.2 Å². The molecule has 3 aliphatic heterocycles. The van der Waals surface area contributed by atoms with Gasteiger partial charge in [0.25, 0.3) is 0 Å². The van der Waals surface area contributed by atoms with Crippen LogP contribution in [-0.2, 0) is 0 Å². The van der Waals surface area contributed by atoms with E-state index in [0.29, 0.717) is 0 Å². The summed E-state index contributed by atoms with van der Waals surface area (Å²) in [5.41, 5.74) is 2.88. The highest BCUT2D eigenvalue weighted by Gasteiger charge is 2.51. The molecule has 29 heavy (non-hydrogen) atoms. The SMILES string of the molecule is COc1ccc(C2=NN3C(C2)c2ccccc2OC32CCN(C)CC2)c(OC)c1. The van der Waals surface area contributed by atoms with Crippen molar-refractivity contribution < 1.29 is 14.2 Å². The van der Waals surface area contributed by atoms with Crippen LogP contribution in [0.25, 0.3) is 0 Å². The lowest BCUT2D eigenvalue weighted by molar-refractivity contribution is -0.147. The number of para-hydroxylation sites is 1. The number of methoxy groups -OCH3 is 2. The maximum absolute atomic E-state index is 6.64. The summed E-state index contributed by atoms with van der Waals surface area (Å²) in [4.78, 5) is 2.36. The minimum Gasteiger partial charge on any atom is -0.497 e. The molecule has 0 bridgehead atoms. The number of hydrazone groups is 1. The quantitative estimate of drug-likeness (QED) is 0.796. The van der Waals surface area contributed by atoms with Crippen LogP contribution in [0.5, 0.6) is 17.2 Å². The molecular formula is C23H27N3O3. The standard InChI is InChI=1S/C23H27N3O3/c1-25-12-10-23(11-13-25)26-20(18-6-4-5-7-21(18)29-23)15-19(24-26)17-9-8-16(27-2)14-22(17)28-3/h4-9,14,20H,10-13,15H2,1-3H3. The van der Waals surface area contributed by atoms with Crippen molar-refractivity contribution in [3.05, 3.63) is 53.6 Å². The zero-order valence-electron chi connectivity index (χ0n) is 17.2. The van der Waals surface area contributed by atoms with Crippen LogP contribution >= 0.6 is 0 Å². The van der Waals surface area contributed by atoms with E-state index in [1.807, 2.05) is 18.2 Å². The first-order valence-corrected chi connectivity index (χ1v) is 10.2. The van der Waals surface area contributed by atoms with Crippen LogP contribution in [0, 0.1) is 0 Å². The van der Waals surface area contributed by atoms with Gasteiger partial charge in [0.15, 0.2) is 0 Å². The van der Waals surface area contributed by atoms with Crippen molar-refractivity contribution in [3.63, 3.8) is 0 Å². The molecule has 6 heteroatoms. The van der Waals surface area contributed by atoms with E-state index in [-0.39, 0.29) is 11.8 Å². The highest BCUT2D eigenvalue weighted by atomic mass is 16.5. The lowest BCUT2D eigenvalue weighted by atomic mass is 9.91. The topological polar surface area (TPSA) is 46.5 Å². The molecule has 2 aromatic carbocycles. The van der Waals surface area contributed by atoms with Crippen molar-refractivity contribution in [2.75, 3.05) is 34.4 Å². The van der Waals surface area contributed by atoms with Gasteiger partial charge in [-0.15, -0.1) is 0 Å². The Morgan fingerprint density at radius 3 is 2.62 bits per heavy atom. The average molecular weight is 393 g/mol. The second-order valence-corrected chi connectivity index (χ2v) is 8.07. The predicted octanol–water partition coefficient (Wildman–Crippen LogP) is 3.67. The van der Waals surface area contributed by atoms with Gasteiger partial charge in [0.05, 0.1) is 26.0 Å². The molecule has 1 atom stereocenters. The molecule has 0 radical (unpaired) electrons. The van der Waals surface area contributed by atoms with Crippen LogP contribution in [0.4, 0.5) is 0 Å². The number of rotatable bonds is 3. The van der Waals surface area contributed by atoms with Crippen molar-refractivity contribution in [1.29, 1.82) is 0 Å². The van der Waals surface area contributed by atoms with E-state index >= 15 is 0 Å². The second-order valence-electron chi connectivity index (χ2n) is 8.07. The van der Waals surface area contributed by atoms with Crippen LogP contribution in [0.3, 0.4) is 0 Å². The number of piperidine rings is 1. The van der Waals surface area contributed by atoms with Gasteiger partial charge in [0, 0.05) is 49.5 Å². The average Bonchev–Trinajstić information content (AvgIpc) is 3.22. The first-order chi connectivity index (χ1) is 14.1. The molecule has 1 fully saturated rings. The molecule has 5 rings (SSSR count). The van der Waals surface area contributed by atoms with Gasteiger partial charge in [-0.25, -0.2) is 5.01 Å². The van der Waals surface area contributed by atoms with Crippen molar-refractivity contribution in [2.45, 2.75) is 31.0 Å². The van der Waals surface area contributed by atoms with Gasteiger partial charge in [0.2, 0.25) is 5.72 Å². The third-order valence-electron chi connectivity index (χ3n) is 6.39. The molecule has 152 valence electrons. The largest absolute Gasteiger partial charge is 0.497 e. The Bertz CT molecular complexity index is 950. The van der Waals surface area contributed by atoms with E-state index in [1.54, 1.807) is 14.2 Å². The van der Waals surface area contributed by atoms with E-state index in [9.17, 15) is 0 Å². The molecule has 1 saturated heterocycles. The minimum atomic E-state index is -0.382. The zero-order chi connectivity index (χ0) is 20.0. The predicted molar refractivity (Wildman–Crippen MR) is 112 cm³/mol. The lowest BCUT2D eigenvalue weighted by Gasteiger charge is -2.50. The molecule has 1 spiro atoms. The Kier molecular flexibility index (Phi) is 4.39. The summed E-state index contributed by atoms with van der Waals surface area (Å²) in [5.74, 6) is 2.56. The van der Waals surface area contributed by atoms with Gasteiger partial charge in [-0.3, -0.25) is 0 Å². The fraction of sp³-hybridized carbons (Fsp3) is 0.435. The summed E-state index contributed by atoms with van der Waals surface area (Å²) >= 11 is 0. The van der Waals surface area contributed by atoms with Gasteiger partial charge < -0.3 is 19.1 Å². The molecule has 0 aromatic heterocycles. The normalized spacial score (nSPS) is 22.5. The Labute approximate surface area is 171 Å². The summed E-state index contributed by atoms with van der Waals surface area (Å²) in [6, 6.07) is 14.5. The zero-order valence-corrected chi connectivity index (χ0v) is 17.2. The molecule has 0 N–H and O–H groups in total. The smallest absolute Gasteiger partial charge is 0.200 e. The molecule has 1 unspecified atom stereocenters. The molecule has 2 aromatic rings. The Morgan fingerprint density at radius 1 is 1.07 bits per heavy atom. The number of benzene rings is 2. The molecule has 0 aliphatic carbocycles. The van der Waals surface area contributed by atoms with Crippen molar-refractivity contribution in [3.8, 4) is 17.2 Å². The highest BCUT2D eigenvalue weighted by Crippen LogP contribution is 2.50. The van der Waals surface area contributed by atoms with E-state index in [1.165, 1.54) is 5.56 Å². The maximum Gasteiger partial charge on any atom is 0.200 e. The van der Waals surface area contributed by atoms with Crippen LogP contribution in [0.2, 0.25) is 0 Å². The summed E-state index contributed by atoms with van der Waals surface area (Å²) in [6.45, 7) is 2.00. The molecule has 0 saturated carbocycles. The number of hydrogen-bond donors (Lipinski definition) is 0. The van der Waals surface area contributed by atoms with Gasteiger partial charge >= 0.3 is 0 Å². The molecule has 3 heterocycles.